The predicted octanol–water partition coefficient (Wildman–Crippen LogP) is 5.80. The first-order valence-electron chi connectivity index (χ1n) is 10.7. The minimum Gasteiger partial charge on any atom is -0.334 e. The fourth-order valence-electron chi connectivity index (χ4n) is 4.37. The zero-order chi connectivity index (χ0) is 22.2. The highest BCUT2D eigenvalue weighted by atomic mass is 35.5. The Hall–Kier alpha value is -2.77. The Morgan fingerprint density at radius 3 is 2.81 bits per heavy atom. The maximum Gasteiger partial charge on any atom is 0.274 e. The minimum atomic E-state index is -0.370. The number of carbonyl (C=O) groups is 1. The Morgan fingerprint density at radius 2 is 2.00 bits per heavy atom. The van der Waals surface area contributed by atoms with Crippen LogP contribution in [0.2, 0.25) is 5.15 Å². The van der Waals surface area contributed by atoms with Crippen molar-refractivity contribution in [1.29, 1.82) is 0 Å². The summed E-state index contributed by atoms with van der Waals surface area (Å²) in [5.74, 6) is -0.422. The molecule has 5 nitrogen and oxygen atoms in total. The summed E-state index contributed by atoms with van der Waals surface area (Å²) in [6.07, 6.45) is 4.72. The largest absolute Gasteiger partial charge is 0.334 e. The summed E-state index contributed by atoms with van der Waals surface area (Å²) in [6, 6.07) is 12.9. The predicted molar refractivity (Wildman–Crippen MR) is 125 cm³/mol. The first kappa shape index (κ1) is 21.1. The molecular formula is C24H22ClFN4OS. The highest BCUT2D eigenvalue weighted by Crippen LogP contribution is 2.33. The molecule has 1 amide bonds. The van der Waals surface area contributed by atoms with E-state index < -0.39 is 0 Å². The van der Waals surface area contributed by atoms with Gasteiger partial charge in [0.25, 0.3) is 5.91 Å². The Labute approximate surface area is 194 Å². The Kier molecular flexibility index (Phi) is 5.69. The fraction of sp³-hybridized carbons (Fsp3) is 0.292. The molecule has 1 atom stereocenters. The number of piperidine rings is 1. The minimum absolute atomic E-state index is 0.0332. The zero-order valence-electron chi connectivity index (χ0n) is 17.6. The van der Waals surface area contributed by atoms with Gasteiger partial charge < -0.3 is 4.90 Å². The van der Waals surface area contributed by atoms with Gasteiger partial charge in [0.05, 0.1) is 15.6 Å². The highest BCUT2D eigenvalue weighted by molar-refractivity contribution is 7.15. The molecule has 164 valence electrons. The number of aromatic nitrogens is 3. The number of carbonyl (C=O) groups excluding carboxylic acids is 1. The number of likely N-dealkylation sites (tertiary alicyclic amines) is 1. The molecule has 4 aromatic rings. The van der Waals surface area contributed by atoms with Gasteiger partial charge in [-0.25, -0.2) is 14.4 Å². The van der Waals surface area contributed by atoms with Crippen molar-refractivity contribution in [1.82, 2.24) is 19.3 Å². The lowest BCUT2D eigenvalue weighted by atomic mass is 9.97. The number of halogens is 2. The Balaban J connectivity index is 1.46. The van der Waals surface area contributed by atoms with Crippen LogP contribution in [0.5, 0.6) is 0 Å². The smallest absolute Gasteiger partial charge is 0.274 e. The second-order valence-electron chi connectivity index (χ2n) is 8.05. The fourth-order valence-corrected chi connectivity index (χ4v) is 5.54. The number of thiazole rings is 1. The number of hydrogen-bond acceptors (Lipinski definition) is 4. The average Bonchev–Trinajstić information content (AvgIpc) is 3.34. The molecule has 0 spiro atoms. The van der Waals surface area contributed by atoms with Crippen molar-refractivity contribution in [3.63, 3.8) is 0 Å². The lowest BCUT2D eigenvalue weighted by Gasteiger charge is -2.35. The molecule has 3 aromatic heterocycles. The summed E-state index contributed by atoms with van der Waals surface area (Å²) in [6.45, 7) is 2.60. The van der Waals surface area contributed by atoms with Crippen molar-refractivity contribution < 1.29 is 9.18 Å². The van der Waals surface area contributed by atoms with Crippen molar-refractivity contribution >= 4 is 34.5 Å². The molecule has 1 fully saturated rings. The van der Waals surface area contributed by atoms with E-state index in [9.17, 15) is 9.18 Å². The van der Waals surface area contributed by atoms with Crippen LogP contribution in [0.25, 0.3) is 16.1 Å². The number of pyridine rings is 1. The third-order valence-electron chi connectivity index (χ3n) is 5.88. The van der Waals surface area contributed by atoms with Crippen molar-refractivity contribution in [2.45, 2.75) is 38.6 Å². The van der Waals surface area contributed by atoms with Crippen LogP contribution < -0.4 is 0 Å². The molecular weight excluding hydrogens is 447 g/mol. The molecule has 4 heterocycles. The van der Waals surface area contributed by atoms with E-state index >= 15 is 0 Å². The number of amides is 1. The third kappa shape index (κ3) is 3.91. The van der Waals surface area contributed by atoms with Gasteiger partial charge in [-0.05, 0) is 43.9 Å². The van der Waals surface area contributed by atoms with Crippen LogP contribution >= 0.6 is 22.9 Å². The first-order valence-corrected chi connectivity index (χ1v) is 11.9. The molecule has 32 heavy (non-hydrogen) atoms. The van der Waals surface area contributed by atoms with E-state index in [1.807, 2.05) is 42.2 Å². The van der Waals surface area contributed by atoms with Gasteiger partial charge in [0, 0.05) is 25.2 Å². The van der Waals surface area contributed by atoms with Gasteiger partial charge in [-0.2, -0.15) is 0 Å². The van der Waals surface area contributed by atoms with Crippen LogP contribution in [-0.4, -0.2) is 37.8 Å². The van der Waals surface area contributed by atoms with Crippen molar-refractivity contribution in [2.75, 3.05) is 6.54 Å². The average molecular weight is 469 g/mol. The van der Waals surface area contributed by atoms with Crippen LogP contribution in [0.3, 0.4) is 0 Å². The van der Waals surface area contributed by atoms with Gasteiger partial charge in [-0.3, -0.25) is 9.20 Å². The van der Waals surface area contributed by atoms with E-state index in [2.05, 4.69) is 9.97 Å². The van der Waals surface area contributed by atoms with E-state index in [-0.39, 0.29) is 17.8 Å². The SMILES string of the molecule is Cc1nc(C(=O)N2CCCC[C@H]2Cc2nc3ccc(F)cn3c2Cl)c(-c2ccccc2)s1. The van der Waals surface area contributed by atoms with Crippen molar-refractivity contribution in [3.8, 4) is 10.4 Å². The van der Waals surface area contributed by atoms with Crippen LogP contribution in [0, 0.1) is 12.7 Å². The monoisotopic (exact) mass is 468 g/mol. The quantitative estimate of drug-likeness (QED) is 0.380. The standard InChI is InChI=1S/C24H22ClFN4OS/c1-15-27-21(22(32-15)16-7-3-2-4-8-16)24(31)29-12-6-5-9-18(29)13-19-23(25)30-14-17(26)10-11-20(30)28-19/h2-4,7-8,10-11,14,18H,5-6,9,12-13H2,1H3/t18-/m0/s1. The number of aryl methyl sites for hydroxylation is 1. The molecule has 0 N–H and O–H groups in total. The summed E-state index contributed by atoms with van der Waals surface area (Å²) in [7, 11) is 0. The van der Waals surface area contributed by atoms with Crippen LogP contribution in [0.1, 0.15) is 40.5 Å². The maximum atomic E-state index is 13.7. The second-order valence-corrected chi connectivity index (χ2v) is 9.61. The molecule has 0 bridgehead atoms. The van der Waals surface area contributed by atoms with E-state index in [0.717, 1.165) is 34.7 Å². The lowest BCUT2D eigenvalue weighted by molar-refractivity contribution is 0.0608. The Morgan fingerprint density at radius 1 is 1.19 bits per heavy atom. The van der Waals surface area contributed by atoms with Gasteiger partial charge in [0.2, 0.25) is 0 Å². The first-order chi connectivity index (χ1) is 15.5. The molecule has 8 heteroatoms. The van der Waals surface area contributed by atoms with Gasteiger partial charge in [-0.1, -0.05) is 41.9 Å². The van der Waals surface area contributed by atoms with Crippen molar-refractivity contribution in [3.05, 3.63) is 76.0 Å². The van der Waals surface area contributed by atoms with E-state index in [1.54, 1.807) is 21.8 Å². The van der Waals surface area contributed by atoms with E-state index in [0.29, 0.717) is 35.2 Å². The molecule has 0 saturated carbocycles. The van der Waals surface area contributed by atoms with Crippen molar-refractivity contribution in [2.24, 2.45) is 0 Å². The van der Waals surface area contributed by atoms with Gasteiger partial charge >= 0.3 is 0 Å². The highest BCUT2D eigenvalue weighted by Gasteiger charge is 2.32. The number of nitrogens with zero attached hydrogens (tertiary/aromatic N) is 4. The summed E-state index contributed by atoms with van der Waals surface area (Å²) in [5.41, 5.74) is 2.79. The number of fused-ring (bicyclic) bond motifs is 1. The van der Waals surface area contributed by atoms with E-state index in [1.165, 1.54) is 12.3 Å². The van der Waals surface area contributed by atoms with Gasteiger partial charge in [-0.15, -0.1) is 11.3 Å². The molecule has 1 aliphatic rings. The normalized spacial score (nSPS) is 16.6. The molecule has 0 aliphatic carbocycles. The molecule has 1 saturated heterocycles. The summed E-state index contributed by atoms with van der Waals surface area (Å²) in [4.78, 5) is 25.7. The maximum absolute atomic E-state index is 13.7. The zero-order valence-corrected chi connectivity index (χ0v) is 19.2. The number of hydrogen-bond donors (Lipinski definition) is 0. The van der Waals surface area contributed by atoms with Gasteiger partial charge in [0.1, 0.15) is 22.3 Å². The molecule has 0 unspecified atom stereocenters. The molecule has 1 aromatic carbocycles. The third-order valence-corrected chi connectivity index (χ3v) is 7.30. The summed E-state index contributed by atoms with van der Waals surface area (Å²) in [5, 5.41) is 1.26. The lowest BCUT2D eigenvalue weighted by Crippen LogP contribution is -2.45. The molecule has 1 aliphatic heterocycles. The van der Waals surface area contributed by atoms with Crippen LogP contribution in [-0.2, 0) is 6.42 Å². The topological polar surface area (TPSA) is 50.5 Å². The second kappa shape index (κ2) is 8.64. The van der Waals surface area contributed by atoms with Crippen LogP contribution in [0.4, 0.5) is 4.39 Å². The van der Waals surface area contributed by atoms with Gasteiger partial charge in [0.15, 0.2) is 0 Å². The number of imidazole rings is 1. The molecule has 0 radical (unpaired) electrons. The van der Waals surface area contributed by atoms with Crippen LogP contribution in [0.15, 0.2) is 48.7 Å². The number of benzene rings is 1. The molecule has 5 rings (SSSR count). The Bertz CT molecular complexity index is 1290. The number of rotatable bonds is 4. The summed E-state index contributed by atoms with van der Waals surface area (Å²) < 4.78 is 15.2. The van der Waals surface area contributed by atoms with E-state index in [4.69, 9.17) is 11.6 Å². The summed E-state index contributed by atoms with van der Waals surface area (Å²) >= 11 is 8.06.